The molecule has 0 aromatic carbocycles. The lowest BCUT2D eigenvalue weighted by Crippen LogP contribution is -2.51. The molecule has 2 N–H and O–H groups in total. The van der Waals surface area contributed by atoms with E-state index >= 15 is 0 Å². The van der Waals surface area contributed by atoms with Gasteiger partial charge in [0.2, 0.25) is 0 Å². The van der Waals surface area contributed by atoms with Gasteiger partial charge in [0.15, 0.2) is 0 Å². The fourth-order valence-electron chi connectivity index (χ4n) is 2.55. The molecule has 1 aromatic heterocycles. The van der Waals surface area contributed by atoms with Gasteiger partial charge in [-0.3, -0.25) is 9.78 Å². The number of aryl methyl sites for hydroxylation is 1. The summed E-state index contributed by atoms with van der Waals surface area (Å²) in [6.07, 6.45) is 4.76. The molecule has 0 bridgehead atoms. The molecule has 6 nitrogen and oxygen atoms in total. The highest BCUT2D eigenvalue weighted by molar-refractivity contribution is 5.78. The first kappa shape index (κ1) is 15.3. The van der Waals surface area contributed by atoms with E-state index in [1.54, 1.807) is 24.2 Å². The van der Waals surface area contributed by atoms with E-state index in [1.165, 1.54) is 0 Å². The summed E-state index contributed by atoms with van der Waals surface area (Å²) in [5.74, 6) is -0.844. The van der Waals surface area contributed by atoms with Crippen LogP contribution >= 0.6 is 0 Å². The second kappa shape index (κ2) is 6.11. The fraction of sp³-hybridized carbons (Fsp3) is 0.533. The number of nitrogens with zero attached hydrogens (tertiary/aromatic N) is 2. The van der Waals surface area contributed by atoms with E-state index in [9.17, 15) is 14.7 Å². The fourth-order valence-corrected chi connectivity index (χ4v) is 2.55. The molecule has 21 heavy (non-hydrogen) atoms. The molecule has 6 heteroatoms. The Bertz CT molecular complexity index is 547. The largest absolute Gasteiger partial charge is 0.481 e. The van der Waals surface area contributed by atoms with Crippen molar-refractivity contribution in [1.82, 2.24) is 15.2 Å². The van der Waals surface area contributed by atoms with Crippen molar-refractivity contribution < 1.29 is 14.7 Å². The van der Waals surface area contributed by atoms with Gasteiger partial charge in [-0.1, -0.05) is 0 Å². The summed E-state index contributed by atoms with van der Waals surface area (Å²) in [5, 5.41) is 12.1. The Kier molecular flexibility index (Phi) is 4.45. The molecule has 2 amide bonds. The first-order valence-corrected chi connectivity index (χ1v) is 7.08. The van der Waals surface area contributed by atoms with Gasteiger partial charge in [0.05, 0.1) is 5.41 Å². The molecule has 2 heterocycles. The highest BCUT2D eigenvalue weighted by Crippen LogP contribution is 2.29. The van der Waals surface area contributed by atoms with E-state index in [1.807, 2.05) is 13.0 Å². The lowest BCUT2D eigenvalue weighted by Gasteiger charge is -2.37. The van der Waals surface area contributed by atoms with Crippen LogP contribution in [0.3, 0.4) is 0 Å². The van der Waals surface area contributed by atoms with E-state index in [2.05, 4.69) is 10.3 Å². The number of pyridine rings is 1. The zero-order valence-corrected chi connectivity index (χ0v) is 12.4. The number of hydrogen-bond donors (Lipinski definition) is 2. The van der Waals surface area contributed by atoms with E-state index in [0.29, 0.717) is 25.9 Å². The SMILES string of the molecule is Cc1ccncc1CNC(=O)N1CCCC(C)(C(=O)O)C1. The summed E-state index contributed by atoms with van der Waals surface area (Å²) < 4.78 is 0. The number of nitrogens with one attached hydrogen (secondary N) is 1. The Hall–Kier alpha value is -2.11. The maximum Gasteiger partial charge on any atom is 0.317 e. The van der Waals surface area contributed by atoms with Gasteiger partial charge in [0.1, 0.15) is 0 Å². The number of carboxylic acids is 1. The third kappa shape index (κ3) is 3.51. The van der Waals surface area contributed by atoms with Crippen LogP contribution in [0.1, 0.15) is 30.9 Å². The van der Waals surface area contributed by atoms with Crippen molar-refractivity contribution in [2.24, 2.45) is 5.41 Å². The van der Waals surface area contributed by atoms with Gasteiger partial charge < -0.3 is 15.3 Å². The van der Waals surface area contributed by atoms with Gasteiger partial charge in [-0.15, -0.1) is 0 Å². The molecule has 1 saturated heterocycles. The third-order valence-electron chi connectivity index (χ3n) is 4.08. The van der Waals surface area contributed by atoms with Gasteiger partial charge in [-0.25, -0.2) is 4.79 Å². The summed E-state index contributed by atoms with van der Waals surface area (Å²) in [5.41, 5.74) is 1.18. The van der Waals surface area contributed by atoms with Crippen molar-refractivity contribution in [2.45, 2.75) is 33.2 Å². The molecule has 1 aliphatic rings. The van der Waals surface area contributed by atoms with Crippen LogP contribution in [-0.2, 0) is 11.3 Å². The van der Waals surface area contributed by atoms with Crippen LogP contribution in [0.4, 0.5) is 4.79 Å². The normalized spacial score (nSPS) is 21.9. The van der Waals surface area contributed by atoms with E-state index in [0.717, 1.165) is 11.1 Å². The van der Waals surface area contributed by atoms with Crippen molar-refractivity contribution in [3.05, 3.63) is 29.6 Å². The van der Waals surface area contributed by atoms with Gasteiger partial charge in [0, 0.05) is 32.0 Å². The smallest absolute Gasteiger partial charge is 0.317 e. The molecule has 0 spiro atoms. The maximum absolute atomic E-state index is 12.2. The molecule has 0 radical (unpaired) electrons. The second-order valence-corrected chi connectivity index (χ2v) is 5.85. The van der Waals surface area contributed by atoms with E-state index in [4.69, 9.17) is 0 Å². The number of rotatable bonds is 3. The van der Waals surface area contributed by atoms with Crippen LogP contribution in [0, 0.1) is 12.3 Å². The lowest BCUT2D eigenvalue weighted by molar-refractivity contribution is -0.150. The van der Waals surface area contributed by atoms with E-state index < -0.39 is 11.4 Å². The Balaban J connectivity index is 1.94. The molecule has 0 saturated carbocycles. The summed E-state index contributed by atoms with van der Waals surface area (Å²) in [6.45, 7) is 4.91. The monoisotopic (exact) mass is 291 g/mol. The summed E-state index contributed by atoms with van der Waals surface area (Å²) in [4.78, 5) is 29.1. The lowest BCUT2D eigenvalue weighted by atomic mass is 9.82. The average Bonchev–Trinajstić information content (AvgIpc) is 2.46. The molecule has 2 rings (SSSR count). The number of carbonyl (C=O) groups is 2. The Morgan fingerprint density at radius 3 is 2.95 bits per heavy atom. The van der Waals surface area contributed by atoms with E-state index in [-0.39, 0.29) is 12.6 Å². The molecule has 114 valence electrons. The summed E-state index contributed by atoms with van der Waals surface area (Å²) >= 11 is 0. The van der Waals surface area contributed by atoms with Gasteiger partial charge in [-0.05, 0) is 43.9 Å². The number of hydrogen-bond acceptors (Lipinski definition) is 3. The number of carbonyl (C=O) groups excluding carboxylic acids is 1. The number of aliphatic carboxylic acids is 1. The molecule has 1 fully saturated rings. The second-order valence-electron chi connectivity index (χ2n) is 5.85. The molecule has 1 unspecified atom stereocenters. The van der Waals surface area contributed by atoms with Crippen LogP contribution in [0.15, 0.2) is 18.5 Å². The number of carboxylic acid groups (broad SMARTS) is 1. The molecule has 1 atom stereocenters. The van der Waals surface area contributed by atoms with Gasteiger partial charge >= 0.3 is 12.0 Å². The number of amides is 2. The zero-order chi connectivity index (χ0) is 15.5. The van der Waals surface area contributed by atoms with Gasteiger partial charge in [0.25, 0.3) is 0 Å². The summed E-state index contributed by atoms with van der Waals surface area (Å²) in [7, 11) is 0. The van der Waals surface area contributed by atoms with Crippen LogP contribution in [0.2, 0.25) is 0 Å². The van der Waals surface area contributed by atoms with Crippen LogP contribution in [0.5, 0.6) is 0 Å². The number of aromatic nitrogens is 1. The van der Waals surface area contributed by atoms with Crippen molar-refractivity contribution in [2.75, 3.05) is 13.1 Å². The maximum atomic E-state index is 12.2. The van der Waals surface area contributed by atoms with Crippen molar-refractivity contribution in [3.63, 3.8) is 0 Å². The number of likely N-dealkylation sites (tertiary alicyclic amines) is 1. The van der Waals surface area contributed by atoms with Crippen molar-refractivity contribution >= 4 is 12.0 Å². The average molecular weight is 291 g/mol. The molecule has 1 aliphatic heterocycles. The topological polar surface area (TPSA) is 82.5 Å². The first-order valence-electron chi connectivity index (χ1n) is 7.08. The quantitative estimate of drug-likeness (QED) is 0.889. The van der Waals surface area contributed by atoms with Crippen LogP contribution < -0.4 is 5.32 Å². The zero-order valence-electron chi connectivity index (χ0n) is 12.4. The number of piperidine rings is 1. The van der Waals surface area contributed by atoms with Gasteiger partial charge in [-0.2, -0.15) is 0 Å². The van der Waals surface area contributed by atoms with Crippen molar-refractivity contribution in [1.29, 1.82) is 0 Å². The van der Waals surface area contributed by atoms with Crippen LogP contribution in [-0.4, -0.2) is 40.1 Å². The minimum Gasteiger partial charge on any atom is -0.481 e. The number of urea groups is 1. The Morgan fingerprint density at radius 2 is 2.29 bits per heavy atom. The highest BCUT2D eigenvalue weighted by Gasteiger charge is 2.39. The minimum atomic E-state index is -0.847. The Morgan fingerprint density at radius 1 is 1.52 bits per heavy atom. The predicted molar refractivity (Wildman–Crippen MR) is 77.8 cm³/mol. The third-order valence-corrected chi connectivity index (χ3v) is 4.08. The first-order chi connectivity index (χ1) is 9.92. The predicted octanol–water partition coefficient (Wildman–Crippen LogP) is 1.79. The summed E-state index contributed by atoms with van der Waals surface area (Å²) in [6, 6.07) is 1.68. The van der Waals surface area contributed by atoms with Crippen molar-refractivity contribution in [3.8, 4) is 0 Å². The minimum absolute atomic E-state index is 0.217. The Labute approximate surface area is 124 Å². The molecule has 0 aliphatic carbocycles. The van der Waals surface area contributed by atoms with Crippen LogP contribution in [0.25, 0.3) is 0 Å². The highest BCUT2D eigenvalue weighted by atomic mass is 16.4. The standard InChI is InChI=1S/C15H21N3O3/c1-11-4-6-16-8-12(11)9-17-14(21)18-7-3-5-15(2,10-18)13(19)20/h4,6,8H,3,5,7,9-10H2,1-2H3,(H,17,21)(H,19,20). The molecule has 1 aromatic rings. The molecular formula is C15H21N3O3. The molecular weight excluding hydrogens is 270 g/mol.